The fourth-order valence-electron chi connectivity index (χ4n) is 1.45. The molecule has 1 heterocycles. The highest BCUT2D eigenvalue weighted by Crippen LogP contribution is 2.19. The van der Waals surface area contributed by atoms with Gasteiger partial charge in [-0.3, -0.25) is 9.59 Å². The third-order valence-electron chi connectivity index (χ3n) is 2.06. The van der Waals surface area contributed by atoms with E-state index in [-0.39, 0.29) is 0 Å². The molecule has 0 fully saturated rings. The number of H-pyrrole nitrogens is 1. The van der Waals surface area contributed by atoms with Crippen molar-refractivity contribution < 1.29 is 14.7 Å². The zero-order chi connectivity index (χ0) is 12.1. The molecule has 2 aromatic rings. The largest absolute Gasteiger partial charge is 0.481 e. The van der Waals surface area contributed by atoms with Gasteiger partial charge in [-0.2, -0.15) is 0 Å². The number of benzene rings is 1. The van der Waals surface area contributed by atoms with Crippen molar-refractivity contribution in [2.75, 3.05) is 0 Å². The van der Waals surface area contributed by atoms with Crippen molar-refractivity contribution in [3.8, 4) is 0 Å². The van der Waals surface area contributed by atoms with Gasteiger partial charge < -0.3 is 10.1 Å². The quantitative estimate of drug-likeness (QED) is 0.723. The van der Waals surface area contributed by atoms with Crippen LogP contribution >= 0.6 is 0 Å². The Morgan fingerprint density at radius 2 is 1.94 bits per heavy atom. The molecule has 0 spiro atoms. The Morgan fingerprint density at radius 3 is 2.50 bits per heavy atom. The Bertz CT molecular complexity index is 510. The van der Waals surface area contributed by atoms with Gasteiger partial charge in [-0.05, 0) is 13.0 Å². The number of carboxylic acid groups (broad SMARTS) is 1. The number of aromatic nitrogens is 1. The van der Waals surface area contributed by atoms with E-state index >= 15 is 0 Å². The number of aldehydes is 1. The van der Waals surface area contributed by atoms with E-state index < -0.39 is 5.97 Å². The summed E-state index contributed by atoms with van der Waals surface area (Å²) in [6.07, 6.45) is 0.897. The van der Waals surface area contributed by atoms with E-state index in [2.05, 4.69) is 4.98 Å². The Kier molecular flexibility index (Phi) is 3.83. The van der Waals surface area contributed by atoms with Gasteiger partial charge in [0.15, 0.2) is 6.29 Å². The first-order valence-electron chi connectivity index (χ1n) is 4.78. The number of fused-ring (bicyclic) bond motifs is 1. The van der Waals surface area contributed by atoms with Crippen LogP contribution in [0.25, 0.3) is 10.9 Å². The monoisotopic (exact) mass is 219 g/mol. The molecule has 0 aliphatic carbocycles. The van der Waals surface area contributed by atoms with E-state index in [1.807, 2.05) is 31.2 Å². The highest BCUT2D eigenvalue weighted by molar-refractivity contribution is 5.98. The van der Waals surface area contributed by atoms with E-state index in [9.17, 15) is 4.79 Å². The van der Waals surface area contributed by atoms with Gasteiger partial charge in [0.2, 0.25) is 0 Å². The van der Waals surface area contributed by atoms with Crippen LogP contribution in [0.4, 0.5) is 0 Å². The fourth-order valence-corrected chi connectivity index (χ4v) is 1.45. The molecule has 16 heavy (non-hydrogen) atoms. The molecule has 2 N–H and O–H groups in total. The number of carbonyl (C=O) groups excluding carboxylic acids is 1. The number of nitrogens with one attached hydrogen (secondary N) is 1. The molecule has 0 aliphatic heterocycles. The number of rotatable bonds is 1. The van der Waals surface area contributed by atoms with Crippen LogP contribution < -0.4 is 0 Å². The third kappa shape index (κ3) is 2.70. The van der Waals surface area contributed by atoms with Gasteiger partial charge in [-0.25, -0.2) is 0 Å². The summed E-state index contributed by atoms with van der Waals surface area (Å²) >= 11 is 0. The average molecular weight is 219 g/mol. The Balaban J connectivity index is 0.000000280. The smallest absolute Gasteiger partial charge is 0.300 e. The van der Waals surface area contributed by atoms with Crippen molar-refractivity contribution in [2.24, 2.45) is 0 Å². The van der Waals surface area contributed by atoms with E-state index in [4.69, 9.17) is 9.90 Å². The number of hydrogen-bond acceptors (Lipinski definition) is 2. The van der Waals surface area contributed by atoms with Crippen molar-refractivity contribution in [1.82, 2.24) is 4.98 Å². The van der Waals surface area contributed by atoms with E-state index in [0.717, 1.165) is 35.4 Å². The van der Waals surface area contributed by atoms with Crippen LogP contribution in [0, 0.1) is 6.92 Å². The number of aromatic amines is 1. The number of carbonyl (C=O) groups is 2. The molecule has 1 aromatic carbocycles. The van der Waals surface area contributed by atoms with Crippen LogP contribution in [0.15, 0.2) is 24.3 Å². The zero-order valence-corrected chi connectivity index (χ0v) is 9.15. The SMILES string of the molecule is CC(=O)O.Cc1[nH]c2ccccc2c1C=O. The summed E-state index contributed by atoms with van der Waals surface area (Å²) in [5.74, 6) is -0.833. The lowest BCUT2D eigenvalue weighted by atomic mass is 10.1. The summed E-state index contributed by atoms with van der Waals surface area (Å²) in [7, 11) is 0. The van der Waals surface area contributed by atoms with E-state index in [0.29, 0.717) is 0 Å². The molecular formula is C12H13NO3. The van der Waals surface area contributed by atoms with Gasteiger partial charge in [0.25, 0.3) is 5.97 Å². The molecule has 4 nitrogen and oxygen atoms in total. The standard InChI is InChI=1S/C10H9NO.C2H4O2/c1-7-9(6-12)8-4-2-3-5-10(8)11-7;1-2(3)4/h2-6,11H,1H3;1H3,(H,3,4). The van der Waals surface area contributed by atoms with Crippen LogP contribution in [0.5, 0.6) is 0 Å². The molecular weight excluding hydrogens is 206 g/mol. The summed E-state index contributed by atoms with van der Waals surface area (Å²) in [4.78, 5) is 22.8. The molecule has 0 atom stereocenters. The maximum Gasteiger partial charge on any atom is 0.300 e. The zero-order valence-electron chi connectivity index (χ0n) is 9.15. The Labute approximate surface area is 92.9 Å². The van der Waals surface area contributed by atoms with Gasteiger partial charge >= 0.3 is 0 Å². The third-order valence-corrected chi connectivity index (χ3v) is 2.06. The lowest BCUT2D eigenvalue weighted by Gasteiger charge is -1.87. The molecule has 0 bridgehead atoms. The maximum absolute atomic E-state index is 10.7. The summed E-state index contributed by atoms with van der Waals surface area (Å²) in [5.41, 5.74) is 2.73. The van der Waals surface area contributed by atoms with Crippen LogP contribution in [-0.4, -0.2) is 22.3 Å². The van der Waals surface area contributed by atoms with Gasteiger partial charge in [0, 0.05) is 29.1 Å². The second kappa shape index (κ2) is 5.11. The number of carboxylic acids is 1. The molecule has 0 saturated carbocycles. The predicted octanol–water partition coefficient (Wildman–Crippen LogP) is 2.38. The van der Waals surface area contributed by atoms with Crippen molar-refractivity contribution in [1.29, 1.82) is 0 Å². The fraction of sp³-hybridized carbons (Fsp3) is 0.167. The van der Waals surface area contributed by atoms with Gasteiger partial charge in [-0.15, -0.1) is 0 Å². The molecule has 0 radical (unpaired) electrons. The Morgan fingerprint density at radius 1 is 1.38 bits per heavy atom. The maximum atomic E-state index is 10.7. The number of aliphatic carboxylic acids is 1. The molecule has 2 rings (SSSR count). The molecule has 0 saturated heterocycles. The van der Waals surface area contributed by atoms with Crippen LogP contribution in [-0.2, 0) is 4.79 Å². The molecule has 0 aliphatic rings. The highest BCUT2D eigenvalue weighted by atomic mass is 16.4. The second-order valence-electron chi connectivity index (χ2n) is 3.35. The van der Waals surface area contributed by atoms with Gasteiger partial charge in [0.1, 0.15) is 0 Å². The molecule has 0 unspecified atom stereocenters. The topological polar surface area (TPSA) is 70.2 Å². The first kappa shape index (κ1) is 12.0. The van der Waals surface area contributed by atoms with Gasteiger partial charge in [0.05, 0.1) is 0 Å². The molecule has 1 aromatic heterocycles. The number of aryl methyl sites for hydroxylation is 1. The first-order valence-corrected chi connectivity index (χ1v) is 4.78. The molecule has 84 valence electrons. The summed E-state index contributed by atoms with van der Waals surface area (Å²) in [6, 6.07) is 7.80. The van der Waals surface area contributed by atoms with Crippen molar-refractivity contribution in [3.63, 3.8) is 0 Å². The Hall–Kier alpha value is -2.10. The summed E-state index contributed by atoms with van der Waals surface area (Å²) in [6.45, 7) is 2.99. The van der Waals surface area contributed by atoms with Crippen molar-refractivity contribution >= 4 is 23.2 Å². The van der Waals surface area contributed by atoms with Crippen LogP contribution in [0.3, 0.4) is 0 Å². The molecule has 0 amide bonds. The van der Waals surface area contributed by atoms with E-state index in [1.54, 1.807) is 0 Å². The number of para-hydroxylation sites is 1. The minimum Gasteiger partial charge on any atom is -0.481 e. The summed E-state index contributed by atoms with van der Waals surface area (Å²) in [5, 5.41) is 8.42. The van der Waals surface area contributed by atoms with Crippen molar-refractivity contribution in [3.05, 3.63) is 35.5 Å². The average Bonchev–Trinajstić information content (AvgIpc) is 2.52. The lowest BCUT2D eigenvalue weighted by molar-refractivity contribution is -0.134. The first-order chi connectivity index (χ1) is 7.56. The second-order valence-corrected chi connectivity index (χ2v) is 3.35. The predicted molar refractivity (Wildman–Crippen MR) is 61.7 cm³/mol. The summed E-state index contributed by atoms with van der Waals surface area (Å²) < 4.78 is 0. The minimum atomic E-state index is -0.833. The van der Waals surface area contributed by atoms with Crippen molar-refractivity contribution in [2.45, 2.75) is 13.8 Å². The number of hydrogen-bond donors (Lipinski definition) is 2. The molecule has 4 heteroatoms. The van der Waals surface area contributed by atoms with Crippen LogP contribution in [0.2, 0.25) is 0 Å². The minimum absolute atomic E-state index is 0.769. The lowest BCUT2D eigenvalue weighted by Crippen LogP contribution is -1.79. The van der Waals surface area contributed by atoms with E-state index in [1.165, 1.54) is 0 Å². The van der Waals surface area contributed by atoms with Crippen LogP contribution in [0.1, 0.15) is 23.0 Å². The highest BCUT2D eigenvalue weighted by Gasteiger charge is 2.04. The normalized spacial score (nSPS) is 9.38. The van der Waals surface area contributed by atoms with Gasteiger partial charge in [-0.1, -0.05) is 18.2 Å².